The zero-order chi connectivity index (χ0) is 13.3. The summed E-state index contributed by atoms with van der Waals surface area (Å²) in [6.45, 7) is 7.07. The molecule has 0 fully saturated rings. The SMILES string of the molecule is CSC1=NC(=N)c2cc(OCC(C)(C)C)ccc21. The molecule has 0 saturated heterocycles. The van der Waals surface area contributed by atoms with E-state index in [2.05, 4.69) is 25.8 Å². The summed E-state index contributed by atoms with van der Waals surface area (Å²) in [7, 11) is 0. The Hall–Kier alpha value is -1.29. The fourth-order valence-electron chi connectivity index (χ4n) is 1.67. The summed E-state index contributed by atoms with van der Waals surface area (Å²) in [5, 5.41) is 8.77. The average molecular weight is 262 g/mol. The van der Waals surface area contributed by atoms with Crippen molar-refractivity contribution in [1.82, 2.24) is 0 Å². The van der Waals surface area contributed by atoms with E-state index in [9.17, 15) is 0 Å². The number of hydrogen-bond donors (Lipinski definition) is 1. The molecule has 1 heterocycles. The average Bonchev–Trinajstić information content (AvgIpc) is 2.62. The largest absolute Gasteiger partial charge is 0.493 e. The van der Waals surface area contributed by atoms with E-state index < -0.39 is 0 Å². The van der Waals surface area contributed by atoms with Crippen LogP contribution in [0.5, 0.6) is 5.75 Å². The zero-order valence-corrected chi connectivity index (χ0v) is 12.0. The van der Waals surface area contributed by atoms with Crippen LogP contribution in [0.15, 0.2) is 23.2 Å². The van der Waals surface area contributed by atoms with Gasteiger partial charge in [-0.05, 0) is 29.9 Å². The van der Waals surface area contributed by atoms with E-state index >= 15 is 0 Å². The van der Waals surface area contributed by atoms with E-state index in [4.69, 9.17) is 10.1 Å². The van der Waals surface area contributed by atoms with Crippen molar-refractivity contribution < 1.29 is 4.74 Å². The molecule has 0 spiro atoms. The molecule has 96 valence electrons. The molecule has 0 saturated carbocycles. The van der Waals surface area contributed by atoms with Gasteiger partial charge in [-0.15, -0.1) is 11.8 Å². The molecule has 1 aromatic carbocycles. The lowest BCUT2D eigenvalue weighted by atomic mass is 9.99. The first-order chi connectivity index (χ1) is 8.40. The lowest BCUT2D eigenvalue weighted by molar-refractivity contribution is 0.198. The fourth-order valence-corrected chi connectivity index (χ4v) is 2.25. The molecule has 2 rings (SSSR count). The third-order valence-corrected chi connectivity index (χ3v) is 3.25. The summed E-state index contributed by atoms with van der Waals surface area (Å²) >= 11 is 1.57. The fraction of sp³-hybridized carbons (Fsp3) is 0.429. The number of ether oxygens (including phenoxy) is 1. The zero-order valence-electron chi connectivity index (χ0n) is 11.2. The Morgan fingerprint density at radius 2 is 2.00 bits per heavy atom. The number of nitrogens with one attached hydrogen (secondary N) is 1. The lowest BCUT2D eigenvalue weighted by Crippen LogP contribution is -2.17. The van der Waals surface area contributed by atoms with E-state index in [1.165, 1.54) is 0 Å². The van der Waals surface area contributed by atoms with E-state index in [1.807, 2.05) is 24.5 Å². The van der Waals surface area contributed by atoms with Crippen LogP contribution in [0.25, 0.3) is 0 Å². The Kier molecular flexibility index (Phi) is 3.48. The Bertz CT molecular complexity index is 515. The normalized spacial score (nSPS) is 14.4. The van der Waals surface area contributed by atoms with Crippen molar-refractivity contribution in [2.75, 3.05) is 12.9 Å². The number of hydrogen-bond acceptors (Lipinski definition) is 3. The van der Waals surface area contributed by atoms with E-state index in [1.54, 1.807) is 11.8 Å². The molecule has 1 N–H and O–H groups in total. The predicted octanol–water partition coefficient (Wildman–Crippen LogP) is 3.56. The van der Waals surface area contributed by atoms with Gasteiger partial charge >= 0.3 is 0 Å². The van der Waals surface area contributed by atoms with Crippen molar-refractivity contribution in [2.45, 2.75) is 20.8 Å². The van der Waals surface area contributed by atoms with Gasteiger partial charge in [0.25, 0.3) is 0 Å². The number of thioether (sulfide) groups is 1. The number of amidine groups is 1. The number of benzene rings is 1. The van der Waals surface area contributed by atoms with Crippen LogP contribution in [0.4, 0.5) is 0 Å². The van der Waals surface area contributed by atoms with Crippen LogP contribution < -0.4 is 4.74 Å². The molecule has 1 aromatic rings. The van der Waals surface area contributed by atoms with Crippen LogP contribution in [0.1, 0.15) is 31.9 Å². The maximum Gasteiger partial charge on any atom is 0.153 e. The topological polar surface area (TPSA) is 45.4 Å². The third kappa shape index (κ3) is 2.75. The van der Waals surface area contributed by atoms with Gasteiger partial charge < -0.3 is 4.74 Å². The molecule has 1 aliphatic rings. The van der Waals surface area contributed by atoms with Gasteiger partial charge in [-0.3, -0.25) is 5.41 Å². The monoisotopic (exact) mass is 262 g/mol. The van der Waals surface area contributed by atoms with Crippen molar-refractivity contribution in [3.8, 4) is 5.75 Å². The molecule has 0 unspecified atom stereocenters. The molecule has 4 heteroatoms. The van der Waals surface area contributed by atoms with Crippen molar-refractivity contribution in [1.29, 1.82) is 5.41 Å². The maximum absolute atomic E-state index is 7.86. The first kappa shape index (κ1) is 13.1. The quantitative estimate of drug-likeness (QED) is 0.885. The minimum Gasteiger partial charge on any atom is -0.493 e. The minimum atomic E-state index is 0.132. The number of fused-ring (bicyclic) bond motifs is 1. The highest BCUT2D eigenvalue weighted by Crippen LogP contribution is 2.28. The van der Waals surface area contributed by atoms with Crippen molar-refractivity contribution in [3.63, 3.8) is 0 Å². The van der Waals surface area contributed by atoms with Crippen LogP contribution in [0.3, 0.4) is 0 Å². The van der Waals surface area contributed by atoms with Gasteiger partial charge in [-0.2, -0.15) is 0 Å². The predicted molar refractivity (Wildman–Crippen MR) is 78.3 cm³/mol. The Balaban J connectivity index is 2.20. The Labute approximate surface area is 112 Å². The summed E-state index contributed by atoms with van der Waals surface area (Å²) in [5.74, 6) is 1.14. The molecule has 0 amide bonds. The van der Waals surface area contributed by atoms with Gasteiger partial charge in [0.1, 0.15) is 10.8 Å². The second kappa shape index (κ2) is 4.76. The highest BCUT2D eigenvalue weighted by atomic mass is 32.2. The van der Waals surface area contributed by atoms with Crippen molar-refractivity contribution in [3.05, 3.63) is 29.3 Å². The van der Waals surface area contributed by atoms with E-state index in [0.29, 0.717) is 12.4 Å². The van der Waals surface area contributed by atoms with Gasteiger partial charge in [0.15, 0.2) is 5.84 Å². The second-order valence-electron chi connectivity index (χ2n) is 5.53. The molecule has 0 aliphatic carbocycles. The van der Waals surface area contributed by atoms with Crippen LogP contribution >= 0.6 is 11.8 Å². The molecule has 0 aromatic heterocycles. The smallest absolute Gasteiger partial charge is 0.153 e. The minimum absolute atomic E-state index is 0.132. The van der Waals surface area contributed by atoms with Crippen molar-refractivity contribution in [2.24, 2.45) is 10.4 Å². The molecule has 0 bridgehead atoms. The van der Waals surface area contributed by atoms with Gasteiger partial charge in [-0.25, -0.2) is 4.99 Å². The first-order valence-electron chi connectivity index (χ1n) is 5.89. The summed E-state index contributed by atoms with van der Waals surface area (Å²) in [6, 6.07) is 5.86. The van der Waals surface area contributed by atoms with Gasteiger partial charge in [0.2, 0.25) is 0 Å². The van der Waals surface area contributed by atoms with Crippen molar-refractivity contribution >= 4 is 22.6 Å². The standard InChI is InChI=1S/C14H18N2OS/c1-14(2,3)8-17-9-5-6-10-11(7-9)12(15)16-13(10)18-4/h5-7,15H,8H2,1-4H3. The molecule has 0 radical (unpaired) electrons. The van der Waals surface area contributed by atoms with Crippen LogP contribution in [-0.4, -0.2) is 23.7 Å². The Morgan fingerprint density at radius 3 is 2.61 bits per heavy atom. The van der Waals surface area contributed by atoms with Gasteiger partial charge in [0.05, 0.1) is 6.61 Å². The summed E-state index contributed by atoms with van der Waals surface area (Å²) in [5.41, 5.74) is 2.04. The maximum atomic E-state index is 7.86. The Morgan fingerprint density at radius 1 is 1.28 bits per heavy atom. The molecular weight excluding hydrogens is 244 g/mol. The number of aliphatic imine (C=N–C) groups is 1. The lowest BCUT2D eigenvalue weighted by Gasteiger charge is -2.19. The molecule has 18 heavy (non-hydrogen) atoms. The van der Waals surface area contributed by atoms with E-state index in [-0.39, 0.29) is 5.41 Å². The van der Waals surface area contributed by atoms with E-state index in [0.717, 1.165) is 21.9 Å². The van der Waals surface area contributed by atoms with Crippen LogP contribution in [-0.2, 0) is 0 Å². The van der Waals surface area contributed by atoms with Crippen LogP contribution in [0.2, 0.25) is 0 Å². The second-order valence-corrected chi connectivity index (χ2v) is 6.32. The van der Waals surface area contributed by atoms with Gasteiger partial charge in [-0.1, -0.05) is 20.8 Å². The highest BCUT2D eigenvalue weighted by Gasteiger charge is 2.21. The first-order valence-corrected chi connectivity index (χ1v) is 7.12. The number of rotatable bonds is 2. The molecular formula is C14H18N2OS. The third-order valence-electron chi connectivity index (χ3n) is 2.56. The van der Waals surface area contributed by atoms with Gasteiger partial charge in [0, 0.05) is 11.1 Å². The summed E-state index contributed by atoms with van der Waals surface area (Å²) < 4.78 is 5.76. The van der Waals surface area contributed by atoms with Crippen LogP contribution in [0, 0.1) is 10.8 Å². The molecule has 3 nitrogen and oxygen atoms in total. The molecule has 0 atom stereocenters. The summed E-state index contributed by atoms with van der Waals surface area (Å²) in [4.78, 5) is 4.23. The molecule has 1 aliphatic heterocycles. The number of nitrogens with zero attached hydrogens (tertiary/aromatic N) is 1. The summed E-state index contributed by atoms with van der Waals surface area (Å²) in [6.07, 6.45) is 1.98. The highest BCUT2D eigenvalue weighted by molar-refractivity contribution is 8.13.